The van der Waals surface area contributed by atoms with Gasteiger partial charge in [-0.1, -0.05) is 71.4 Å². The summed E-state index contributed by atoms with van der Waals surface area (Å²) in [6.07, 6.45) is 0. The summed E-state index contributed by atoms with van der Waals surface area (Å²) in [6.45, 7) is 4.76. The first kappa shape index (κ1) is 21.4. The third-order valence-corrected chi connectivity index (χ3v) is 7.28. The SMILES string of the molecule is COc1ccccc1Sc1ccccc1CN1CCN(c2cccc(Cl)c2Cl)CC1. The normalized spacial score (nSPS) is 14.7. The van der Waals surface area contributed by atoms with E-state index >= 15 is 0 Å². The van der Waals surface area contributed by atoms with Crippen molar-refractivity contribution in [3.05, 3.63) is 82.3 Å². The molecule has 0 atom stereocenters. The van der Waals surface area contributed by atoms with Gasteiger partial charge in [0.1, 0.15) is 5.75 Å². The van der Waals surface area contributed by atoms with Crippen LogP contribution in [-0.4, -0.2) is 38.2 Å². The quantitative estimate of drug-likeness (QED) is 0.419. The Balaban J connectivity index is 1.43. The van der Waals surface area contributed by atoms with E-state index in [1.54, 1.807) is 18.9 Å². The van der Waals surface area contributed by atoms with E-state index in [2.05, 4.69) is 40.1 Å². The highest BCUT2D eigenvalue weighted by Gasteiger charge is 2.20. The molecule has 1 heterocycles. The Morgan fingerprint density at radius 2 is 1.53 bits per heavy atom. The second-order valence-corrected chi connectivity index (χ2v) is 9.07. The van der Waals surface area contributed by atoms with E-state index in [9.17, 15) is 0 Å². The minimum Gasteiger partial charge on any atom is -0.496 e. The lowest BCUT2D eigenvalue weighted by molar-refractivity contribution is 0.248. The Morgan fingerprint density at radius 3 is 2.30 bits per heavy atom. The molecule has 1 aliphatic rings. The molecule has 3 aromatic rings. The number of methoxy groups -OCH3 is 1. The summed E-state index contributed by atoms with van der Waals surface area (Å²) in [5.74, 6) is 0.907. The van der Waals surface area contributed by atoms with E-state index in [1.807, 2.05) is 36.4 Å². The van der Waals surface area contributed by atoms with Crippen LogP contribution in [0.25, 0.3) is 0 Å². The molecule has 1 aliphatic heterocycles. The fourth-order valence-corrected chi connectivity index (χ4v) is 5.14. The monoisotopic (exact) mass is 458 g/mol. The van der Waals surface area contributed by atoms with Gasteiger partial charge in [-0.25, -0.2) is 0 Å². The first-order valence-corrected chi connectivity index (χ1v) is 11.5. The first-order chi connectivity index (χ1) is 14.7. The van der Waals surface area contributed by atoms with Crippen molar-refractivity contribution in [2.75, 3.05) is 38.2 Å². The summed E-state index contributed by atoms with van der Waals surface area (Å²) in [7, 11) is 1.72. The predicted octanol–water partition coefficient (Wildman–Crippen LogP) is 6.48. The van der Waals surface area contributed by atoms with Crippen LogP contribution in [0.2, 0.25) is 10.0 Å². The Morgan fingerprint density at radius 1 is 0.833 bits per heavy atom. The number of ether oxygens (including phenoxy) is 1. The van der Waals surface area contributed by atoms with Gasteiger partial charge in [0.25, 0.3) is 0 Å². The van der Waals surface area contributed by atoms with Gasteiger partial charge < -0.3 is 9.64 Å². The predicted molar refractivity (Wildman–Crippen MR) is 128 cm³/mol. The van der Waals surface area contributed by atoms with Crippen LogP contribution in [0.3, 0.4) is 0 Å². The molecule has 30 heavy (non-hydrogen) atoms. The Hall–Kier alpha value is -1.85. The van der Waals surface area contributed by atoms with E-state index < -0.39 is 0 Å². The average Bonchev–Trinajstić information content (AvgIpc) is 2.78. The summed E-state index contributed by atoms with van der Waals surface area (Å²) in [6, 6.07) is 22.6. The highest BCUT2D eigenvalue weighted by Crippen LogP contribution is 2.37. The van der Waals surface area contributed by atoms with Crippen molar-refractivity contribution >= 4 is 40.7 Å². The molecule has 0 spiro atoms. The molecule has 6 heteroatoms. The van der Waals surface area contributed by atoms with Crippen LogP contribution in [-0.2, 0) is 6.54 Å². The van der Waals surface area contributed by atoms with Crippen LogP contribution in [0.5, 0.6) is 5.75 Å². The molecule has 1 saturated heterocycles. The highest BCUT2D eigenvalue weighted by molar-refractivity contribution is 7.99. The zero-order valence-electron chi connectivity index (χ0n) is 16.9. The molecule has 4 rings (SSSR count). The molecule has 0 radical (unpaired) electrons. The van der Waals surface area contributed by atoms with Crippen LogP contribution in [0.15, 0.2) is 76.5 Å². The molecular formula is C24H24Cl2N2OS. The highest BCUT2D eigenvalue weighted by atomic mass is 35.5. The summed E-state index contributed by atoms with van der Waals surface area (Å²) >= 11 is 14.4. The molecule has 0 amide bonds. The Labute approximate surface area is 192 Å². The number of rotatable bonds is 6. The largest absolute Gasteiger partial charge is 0.496 e. The molecule has 3 nitrogen and oxygen atoms in total. The van der Waals surface area contributed by atoms with Gasteiger partial charge >= 0.3 is 0 Å². The van der Waals surface area contributed by atoms with Crippen LogP contribution < -0.4 is 9.64 Å². The molecule has 0 aliphatic carbocycles. The van der Waals surface area contributed by atoms with Crippen molar-refractivity contribution in [2.24, 2.45) is 0 Å². The lowest BCUT2D eigenvalue weighted by atomic mass is 10.2. The minimum absolute atomic E-state index is 0.610. The summed E-state index contributed by atoms with van der Waals surface area (Å²) < 4.78 is 5.52. The van der Waals surface area contributed by atoms with Gasteiger partial charge in [0.15, 0.2) is 0 Å². The third kappa shape index (κ3) is 4.89. The van der Waals surface area contributed by atoms with Gasteiger partial charge in [0, 0.05) is 37.6 Å². The second-order valence-electron chi connectivity index (χ2n) is 7.20. The van der Waals surface area contributed by atoms with Crippen LogP contribution in [0.1, 0.15) is 5.56 Å². The molecule has 0 unspecified atom stereocenters. The van der Waals surface area contributed by atoms with Crippen molar-refractivity contribution < 1.29 is 4.74 Å². The maximum Gasteiger partial charge on any atom is 0.132 e. The van der Waals surface area contributed by atoms with Crippen molar-refractivity contribution in [1.29, 1.82) is 0 Å². The van der Waals surface area contributed by atoms with Crippen LogP contribution in [0.4, 0.5) is 5.69 Å². The molecule has 3 aromatic carbocycles. The van der Waals surface area contributed by atoms with E-state index in [0.29, 0.717) is 10.0 Å². The first-order valence-electron chi connectivity index (χ1n) is 9.96. The standard InChI is InChI=1S/C24H24Cl2N2OS/c1-29-21-10-3-5-12-23(21)30-22-11-4-2-7-18(22)17-27-13-15-28(16-14-27)20-9-6-8-19(25)24(20)26/h2-12H,13-17H2,1H3. The van der Waals surface area contributed by atoms with Crippen molar-refractivity contribution in [3.8, 4) is 5.75 Å². The molecule has 156 valence electrons. The van der Waals surface area contributed by atoms with Gasteiger partial charge in [-0.05, 0) is 35.9 Å². The molecule has 1 fully saturated rings. The smallest absolute Gasteiger partial charge is 0.132 e. The molecule has 0 bridgehead atoms. The molecule has 0 saturated carbocycles. The maximum atomic E-state index is 6.42. The fourth-order valence-electron chi connectivity index (χ4n) is 3.68. The average molecular weight is 459 g/mol. The van der Waals surface area contributed by atoms with Crippen molar-refractivity contribution in [1.82, 2.24) is 4.90 Å². The minimum atomic E-state index is 0.610. The van der Waals surface area contributed by atoms with Crippen molar-refractivity contribution in [3.63, 3.8) is 0 Å². The van der Waals surface area contributed by atoms with Gasteiger partial charge in [-0.3, -0.25) is 4.90 Å². The summed E-state index contributed by atoms with van der Waals surface area (Å²) in [5, 5.41) is 1.25. The number of para-hydroxylation sites is 1. The molecule has 0 N–H and O–H groups in total. The number of hydrogen-bond acceptors (Lipinski definition) is 4. The number of halogens is 2. The van der Waals surface area contributed by atoms with Gasteiger partial charge in [0.05, 0.1) is 27.7 Å². The summed E-state index contributed by atoms with van der Waals surface area (Å²) in [4.78, 5) is 7.21. The van der Waals surface area contributed by atoms with E-state index in [-0.39, 0.29) is 0 Å². The fraction of sp³-hybridized carbons (Fsp3) is 0.250. The van der Waals surface area contributed by atoms with Gasteiger partial charge in [-0.15, -0.1) is 0 Å². The van der Waals surface area contributed by atoms with Crippen LogP contribution >= 0.6 is 35.0 Å². The van der Waals surface area contributed by atoms with Crippen LogP contribution in [0, 0.1) is 0 Å². The number of benzene rings is 3. The van der Waals surface area contributed by atoms with E-state index in [1.165, 1.54) is 10.5 Å². The topological polar surface area (TPSA) is 15.7 Å². The zero-order valence-corrected chi connectivity index (χ0v) is 19.2. The maximum absolute atomic E-state index is 6.42. The second kappa shape index (κ2) is 9.97. The van der Waals surface area contributed by atoms with Gasteiger partial charge in [0.2, 0.25) is 0 Å². The summed E-state index contributed by atoms with van der Waals surface area (Å²) in [5.41, 5.74) is 2.36. The Kier molecular flexibility index (Phi) is 7.11. The van der Waals surface area contributed by atoms with Gasteiger partial charge in [-0.2, -0.15) is 0 Å². The lowest BCUT2D eigenvalue weighted by Gasteiger charge is -2.36. The number of anilines is 1. The number of nitrogens with zero attached hydrogens (tertiary/aromatic N) is 2. The molecule has 0 aromatic heterocycles. The number of piperazine rings is 1. The zero-order chi connectivity index (χ0) is 20.9. The van der Waals surface area contributed by atoms with E-state index in [4.69, 9.17) is 27.9 Å². The van der Waals surface area contributed by atoms with Crippen molar-refractivity contribution in [2.45, 2.75) is 16.3 Å². The van der Waals surface area contributed by atoms with E-state index in [0.717, 1.165) is 49.1 Å². The third-order valence-electron chi connectivity index (χ3n) is 5.30. The molecular weight excluding hydrogens is 435 g/mol. The number of hydrogen-bond donors (Lipinski definition) is 0. The Bertz CT molecular complexity index is 1010. The lowest BCUT2D eigenvalue weighted by Crippen LogP contribution is -2.46.